The highest BCUT2D eigenvalue weighted by atomic mass is 19.1. The molecule has 4 N–H and O–H groups in total. The summed E-state index contributed by atoms with van der Waals surface area (Å²) in [6.45, 7) is 13.7. The maximum atomic E-state index is 15.0. The zero-order valence-corrected chi connectivity index (χ0v) is 22.1. The molecule has 0 aromatic heterocycles. The first-order chi connectivity index (χ1) is 17.7. The fourth-order valence-corrected chi connectivity index (χ4v) is 4.90. The Balaban J connectivity index is 1.45. The van der Waals surface area contributed by atoms with Gasteiger partial charge in [0.25, 0.3) is 5.91 Å². The average molecular weight is 509 g/mol. The predicted octanol–water partition coefficient (Wildman–Crippen LogP) is 3.11. The molecule has 1 unspecified atom stereocenters. The van der Waals surface area contributed by atoms with E-state index < -0.39 is 17.5 Å². The average Bonchev–Trinajstić information content (AvgIpc) is 2.86. The van der Waals surface area contributed by atoms with Crippen molar-refractivity contribution in [1.29, 1.82) is 0 Å². The Hall–Kier alpha value is -3.43. The molecule has 8 nitrogen and oxygen atoms in total. The van der Waals surface area contributed by atoms with Crippen LogP contribution in [0.4, 0.5) is 10.1 Å². The van der Waals surface area contributed by atoms with Crippen LogP contribution in [0.15, 0.2) is 53.2 Å². The molecular formula is C28H37FN6O2. The number of nitrogens with one attached hydrogen (secondary N) is 2. The molecule has 2 heterocycles. The van der Waals surface area contributed by atoms with Crippen molar-refractivity contribution >= 4 is 17.8 Å². The largest absolute Gasteiger partial charge is 0.489 e. The first kappa shape index (κ1) is 26.6. The number of amides is 1. The fraction of sp³-hybridized carbons (Fsp3) is 0.429. The van der Waals surface area contributed by atoms with Crippen LogP contribution in [-0.2, 0) is 10.6 Å². The lowest BCUT2D eigenvalue weighted by Gasteiger charge is -2.37. The van der Waals surface area contributed by atoms with Crippen LogP contribution < -0.4 is 21.1 Å². The van der Waals surface area contributed by atoms with Crippen molar-refractivity contribution in [2.75, 3.05) is 44.6 Å². The molecule has 9 heteroatoms. The van der Waals surface area contributed by atoms with Crippen LogP contribution >= 0.6 is 0 Å². The molecule has 0 radical (unpaired) electrons. The van der Waals surface area contributed by atoms with Crippen LogP contribution in [0, 0.1) is 19.7 Å². The number of carbonyl (C=O) groups is 1. The van der Waals surface area contributed by atoms with Gasteiger partial charge in [0.2, 0.25) is 5.79 Å². The minimum absolute atomic E-state index is 0.212. The van der Waals surface area contributed by atoms with Crippen molar-refractivity contribution < 1.29 is 13.9 Å². The van der Waals surface area contributed by atoms with Crippen LogP contribution in [-0.4, -0.2) is 67.3 Å². The fourth-order valence-electron chi connectivity index (χ4n) is 4.90. The van der Waals surface area contributed by atoms with Crippen molar-refractivity contribution in [3.05, 3.63) is 70.7 Å². The molecule has 1 amide bonds. The number of primary amides is 1. The summed E-state index contributed by atoms with van der Waals surface area (Å²) in [5, 5.41) is 6.52. The molecule has 37 heavy (non-hydrogen) atoms. The molecule has 1 atom stereocenters. The number of hydrogen-bond acceptors (Lipinski definition) is 7. The third kappa shape index (κ3) is 6.11. The number of halogens is 1. The highest BCUT2D eigenvalue weighted by Crippen LogP contribution is 2.33. The van der Waals surface area contributed by atoms with E-state index >= 15 is 4.39 Å². The lowest BCUT2D eigenvalue weighted by molar-refractivity contribution is -0.114. The molecule has 0 bridgehead atoms. The van der Waals surface area contributed by atoms with Gasteiger partial charge in [-0.2, -0.15) is 0 Å². The maximum absolute atomic E-state index is 15.0. The molecule has 2 aromatic rings. The maximum Gasteiger partial charge on any atom is 0.251 e. The van der Waals surface area contributed by atoms with Crippen molar-refractivity contribution in [1.82, 2.24) is 15.1 Å². The number of nitrogens with zero attached hydrogens (tertiary/aromatic N) is 3. The third-order valence-corrected chi connectivity index (χ3v) is 7.02. The molecule has 1 saturated heterocycles. The van der Waals surface area contributed by atoms with Crippen molar-refractivity contribution in [3.8, 4) is 5.75 Å². The van der Waals surface area contributed by atoms with E-state index in [0.717, 1.165) is 49.4 Å². The van der Waals surface area contributed by atoms with E-state index in [9.17, 15) is 4.79 Å². The number of benzene rings is 2. The van der Waals surface area contributed by atoms with E-state index in [2.05, 4.69) is 39.3 Å². The van der Waals surface area contributed by atoms with Gasteiger partial charge in [-0.25, -0.2) is 9.38 Å². The SMILES string of the molecule is Cc1cccc(C)c1C1(Nc2ccc(OCCN3CCN(C(C)C)CC3)c(F)c2)N=CC(C(N)=O)=CN1. The number of hydrogen-bond donors (Lipinski definition) is 3. The number of ether oxygens (including phenoxy) is 1. The smallest absolute Gasteiger partial charge is 0.251 e. The van der Waals surface area contributed by atoms with Gasteiger partial charge >= 0.3 is 0 Å². The minimum Gasteiger partial charge on any atom is -0.489 e. The molecule has 2 aromatic carbocycles. The van der Waals surface area contributed by atoms with Gasteiger partial charge in [-0.15, -0.1) is 0 Å². The van der Waals surface area contributed by atoms with Gasteiger partial charge in [0, 0.05) is 68.5 Å². The van der Waals surface area contributed by atoms with E-state index in [4.69, 9.17) is 10.5 Å². The van der Waals surface area contributed by atoms with Gasteiger partial charge in [-0.05, 0) is 51.0 Å². The van der Waals surface area contributed by atoms with E-state index in [1.807, 2.05) is 32.0 Å². The summed E-state index contributed by atoms with van der Waals surface area (Å²) in [4.78, 5) is 21.1. The number of nitrogens with two attached hydrogens (primary N) is 1. The Morgan fingerprint density at radius 2 is 1.89 bits per heavy atom. The topological polar surface area (TPSA) is 95.2 Å². The lowest BCUT2D eigenvalue weighted by atomic mass is 9.95. The van der Waals surface area contributed by atoms with Crippen LogP contribution in [0.3, 0.4) is 0 Å². The first-order valence-corrected chi connectivity index (χ1v) is 12.7. The molecule has 0 spiro atoms. The van der Waals surface area contributed by atoms with Gasteiger partial charge < -0.3 is 21.1 Å². The zero-order chi connectivity index (χ0) is 26.6. The Morgan fingerprint density at radius 3 is 2.46 bits per heavy atom. The summed E-state index contributed by atoms with van der Waals surface area (Å²) >= 11 is 0. The number of piperazine rings is 1. The highest BCUT2D eigenvalue weighted by Gasteiger charge is 2.35. The van der Waals surface area contributed by atoms with Crippen LogP contribution in [0.5, 0.6) is 5.75 Å². The molecule has 2 aliphatic heterocycles. The summed E-state index contributed by atoms with van der Waals surface area (Å²) in [6, 6.07) is 11.3. The summed E-state index contributed by atoms with van der Waals surface area (Å²) < 4.78 is 20.8. The van der Waals surface area contributed by atoms with Gasteiger partial charge in [0.15, 0.2) is 11.6 Å². The normalized spacial score (nSPS) is 20.4. The van der Waals surface area contributed by atoms with E-state index in [-0.39, 0.29) is 11.3 Å². The number of carbonyl (C=O) groups excluding carboxylic acids is 1. The van der Waals surface area contributed by atoms with Gasteiger partial charge in [-0.1, -0.05) is 18.2 Å². The van der Waals surface area contributed by atoms with Crippen molar-refractivity contribution in [2.24, 2.45) is 10.7 Å². The number of aryl methyl sites for hydroxylation is 2. The summed E-state index contributed by atoms with van der Waals surface area (Å²) in [5.74, 6) is -1.97. The lowest BCUT2D eigenvalue weighted by Crippen LogP contribution is -2.49. The van der Waals surface area contributed by atoms with Gasteiger partial charge in [-0.3, -0.25) is 14.6 Å². The molecule has 0 aliphatic carbocycles. The molecule has 198 valence electrons. The quantitative estimate of drug-likeness (QED) is 0.482. The van der Waals surface area contributed by atoms with Crippen LogP contribution in [0.2, 0.25) is 0 Å². The molecule has 2 aliphatic rings. The Bertz CT molecular complexity index is 1170. The van der Waals surface area contributed by atoms with Crippen LogP contribution in [0.25, 0.3) is 0 Å². The van der Waals surface area contributed by atoms with Crippen molar-refractivity contribution in [2.45, 2.75) is 39.5 Å². The first-order valence-electron chi connectivity index (χ1n) is 12.7. The summed E-state index contributed by atoms with van der Waals surface area (Å²) in [7, 11) is 0. The number of aliphatic imine (C=N–C) groups is 1. The Kier molecular flexibility index (Phi) is 8.14. The number of anilines is 1. The Morgan fingerprint density at radius 1 is 1.19 bits per heavy atom. The number of rotatable bonds is 9. The predicted molar refractivity (Wildman–Crippen MR) is 145 cm³/mol. The zero-order valence-electron chi connectivity index (χ0n) is 22.1. The summed E-state index contributed by atoms with van der Waals surface area (Å²) in [5.41, 5.74) is 9.04. The van der Waals surface area contributed by atoms with Crippen LogP contribution in [0.1, 0.15) is 30.5 Å². The second-order valence-corrected chi connectivity index (χ2v) is 9.93. The third-order valence-electron chi connectivity index (χ3n) is 7.02. The minimum atomic E-state index is -1.14. The molecule has 0 saturated carbocycles. The van der Waals surface area contributed by atoms with Crippen molar-refractivity contribution in [3.63, 3.8) is 0 Å². The second-order valence-electron chi connectivity index (χ2n) is 9.93. The highest BCUT2D eigenvalue weighted by molar-refractivity contribution is 6.11. The van der Waals surface area contributed by atoms with E-state index in [0.29, 0.717) is 18.3 Å². The summed E-state index contributed by atoms with van der Waals surface area (Å²) in [6.07, 6.45) is 2.97. The molecule has 1 fully saturated rings. The second kappa shape index (κ2) is 11.3. The molecule has 4 rings (SSSR count). The van der Waals surface area contributed by atoms with Gasteiger partial charge in [0.05, 0.1) is 5.57 Å². The Labute approximate surface area is 218 Å². The van der Waals surface area contributed by atoms with Gasteiger partial charge in [0.1, 0.15) is 6.61 Å². The monoisotopic (exact) mass is 508 g/mol. The van der Waals surface area contributed by atoms with E-state index in [1.165, 1.54) is 18.5 Å². The standard InChI is InChI=1S/C28H37FN6O2/c1-19(2)35-12-10-34(11-13-35)14-15-37-25-9-8-23(16-24(25)29)33-28(26-20(3)6-5-7-21(26)4)31-17-22(18-32-28)27(30)36/h5-9,16-19,31,33H,10-15H2,1-4H3,(H2,30,36). The van der Waals surface area contributed by atoms with E-state index in [1.54, 1.807) is 12.1 Å². The molecular weight excluding hydrogens is 471 g/mol.